The minimum atomic E-state index is 0.681. The highest BCUT2D eigenvalue weighted by molar-refractivity contribution is 5.28. The highest BCUT2D eigenvalue weighted by Crippen LogP contribution is 2.10. The molecule has 62 valence electrons. The van der Waals surface area contributed by atoms with Gasteiger partial charge >= 0.3 is 0 Å². The summed E-state index contributed by atoms with van der Waals surface area (Å²) in [6, 6.07) is 3.79. The Morgan fingerprint density at radius 1 is 1.33 bits per heavy atom. The second kappa shape index (κ2) is 2.41. The summed E-state index contributed by atoms with van der Waals surface area (Å²) in [5, 5.41) is 9.34. The maximum absolute atomic E-state index is 9.34. The van der Waals surface area contributed by atoms with E-state index in [9.17, 15) is 5.21 Å². The first kappa shape index (κ1) is 6.97. The van der Waals surface area contributed by atoms with Crippen molar-refractivity contribution >= 4 is 0 Å². The van der Waals surface area contributed by atoms with Gasteiger partial charge in [0, 0.05) is 12.4 Å². The van der Waals surface area contributed by atoms with Crippen LogP contribution in [0.4, 0.5) is 0 Å². The lowest BCUT2D eigenvalue weighted by Crippen LogP contribution is -2.00. The molecular weight excluding hydrogens is 154 g/mol. The molecule has 0 fully saturated rings. The average Bonchev–Trinajstić information content (AvgIpc) is 2.61. The van der Waals surface area contributed by atoms with Crippen molar-refractivity contribution in [2.45, 2.75) is 6.92 Å². The molecule has 0 radical (unpaired) electrons. The van der Waals surface area contributed by atoms with Crippen LogP contribution in [0.1, 0.15) is 5.69 Å². The number of nitrogens with zero attached hydrogens (tertiary/aromatic N) is 3. The Balaban J connectivity index is 2.60. The molecule has 0 saturated heterocycles. The maximum Gasteiger partial charge on any atom is 0.176 e. The molecule has 2 heterocycles. The van der Waals surface area contributed by atoms with Crippen molar-refractivity contribution in [3.8, 4) is 5.82 Å². The zero-order valence-electron chi connectivity index (χ0n) is 6.68. The molecule has 0 aliphatic carbocycles. The van der Waals surface area contributed by atoms with Crippen molar-refractivity contribution in [2.75, 3.05) is 0 Å². The molecule has 0 aliphatic heterocycles. The molecule has 12 heavy (non-hydrogen) atoms. The molecule has 0 aliphatic rings. The fourth-order valence-electron chi connectivity index (χ4n) is 1.20. The second-order valence-electron chi connectivity index (χ2n) is 2.59. The van der Waals surface area contributed by atoms with Crippen molar-refractivity contribution in [1.82, 2.24) is 14.3 Å². The van der Waals surface area contributed by atoms with Gasteiger partial charge in [-0.3, -0.25) is 0 Å². The van der Waals surface area contributed by atoms with E-state index in [0.717, 1.165) is 10.4 Å². The molecule has 4 nitrogen and oxygen atoms in total. The van der Waals surface area contributed by atoms with Gasteiger partial charge in [-0.2, -0.15) is 4.73 Å². The summed E-state index contributed by atoms with van der Waals surface area (Å²) in [5.41, 5.74) is 0.800. The summed E-state index contributed by atoms with van der Waals surface area (Å²) in [5.74, 6) is 0.681. The van der Waals surface area contributed by atoms with Crippen LogP contribution in [-0.4, -0.2) is 19.5 Å². The molecule has 0 atom stereocenters. The zero-order valence-corrected chi connectivity index (χ0v) is 6.68. The minimum absolute atomic E-state index is 0.681. The largest absolute Gasteiger partial charge is 0.425 e. The molecule has 0 amide bonds. The first-order chi connectivity index (χ1) is 5.79. The van der Waals surface area contributed by atoms with Crippen LogP contribution in [-0.2, 0) is 0 Å². The van der Waals surface area contributed by atoms with Crippen LogP contribution in [0.25, 0.3) is 5.82 Å². The number of aromatic nitrogens is 3. The van der Waals surface area contributed by atoms with Crippen LogP contribution < -0.4 is 0 Å². The van der Waals surface area contributed by atoms with Gasteiger partial charge in [0.15, 0.2) is 5.82 Å². The first-order valence-corrected chi connectivity index (χ1v) is 3.65. The van der Waals surface area contributed by atoms with Gasteiger partial charge in [-0.05, 0) is 19.1 Å². The number of imidazole rings is 1. The smallest absolute Gasteiger partial charge is 0.176 e. The molecule has 4 heteroatoms. The van der Waals surface area contributed by atoms with Gasteiger partial charge < -0.3 is 9.77 Å². The van der Waals surface area contributed by atoms with Gasteiger partial charge in [0.1, 0.15) is 6.33 Å². The highest BCUT2D eigenvalue weighted by Gasteiger charge is 2.06. The molecule has 0 aromatic carbocycles. The SMILES string of the molecule is Cc1ncn(O)c1-n1cccc1. The van der Waals surface area contributed by atoms with Crippen LogP contribution in [0.2, 0.25) is 0 Å². The molecule has 1 N–H and O–H groups in total. The zero-order chi connectivity index (χ0) is 8.55. The van der Waals surface area contributed by atoms with E-state index in [1.54, 1.807) is 0 Å². The molecule has 0 unspecified atom stereocenters. The topological polar surface area (TPSA) is 43.0 Å². The van der Waals surface area contributed by atoms with Crippen LogP contribution in [0.3, 0.4) is 0 Å². The summed E-state index contributed by atoms with van der Waals surface area (Å²) in [6.07, 6.45) is 5.10. The predicted molar refractivity (Wildman–Crippen MR) is 43.5 cm³/mol. The Bertz CT molecular complexity index is 355. The second-order valence-corrected chi connectivity index (χ2v) is 2.59. The molecule has 2 rings (SSSR count). The molecule has 0 saturated carbocycles. The third-order valence-corrected chi connectivity index (χ3v) is 1.75. The maximum atomic E-state index is 9.34. The van der Waals surface area contributed by atoms with E-state index in [0.29, 0.717) is 5.82 Å². The Morgan fingerprint density at radius 2 is 2.00 bits per heavy atom. The lowest BCUT2D eigenvalue weighted by Gasteiger charge is -2.02. The van der Waals surface area contributed by atoms with E-state index in [4.69, 9.17) is 0 Å². The van der Waals surface area contributed by atoms with Crippen molar-refractivity contribution in [3.63, 3.8) is 0 Å². The van der Waals surface area contributed by atoms with Crippen LogP contribution in [0.5, 0.6) is 0 Å². The Labute approximate surface area is 69.7 Å². The third kappa shape index (κ3) is 0.887. The van der Waals surface area contributed by atoms with Crippen LogP contribution in [0, 0.1) is 6.92 Å². The molecule has 0 bridgehead atoms. The quantitative estimate of drug-likeness (QED) is 0.642. The molecule has 0 spiro atoms. The summed E-state index contributed by atoms with van der Waals surface area (Å²) >= 11 is 0. The lowest BCUT2D eigenvalue weighted by atomic mass is 10.5. The molecule has 2 aromatic rings. The van der Waals surface area contributed by atoms with E-state index < -0.39 is 0 Å². The standard InChI is InChI=1S/C8H9N3O/c1-7-8(11(12)6-9-7)10-4-2-3-5-10/h2-6,12H,1H3. The van der Waals surface area contributed by atoms with Gasteiger partial charge in [-0.25, -0.2) is 4.98 Å². The van der Waals surface area contributed by atoms with E-state index in [1.165, 1.54) is 6.33 Å². The number of hydrogen-bond acceptors (Lipinski definition) is 2. The van der Waals surface area contributed by atoms with Gasteiger partial charge in [0.25, 0.3) is 0 Å². The van der Waals surface area contributed by atoms with Crippen LogP contribution >= 0.6 is 0 Å². The van der Waals surface area contributed by atoms with Gasteiger partial charge in [0.05, 0.1) is 5.69 Å². The Hall–Kier alpha value is -1.71. The van der Waals surface area contributed by atoms with E-state index in [1.807, 2.05) is 36.0 Å². The van der Waals surface area contributed by atoms with Crippen molar-refractivity contribution in [1.29, 1.82) is 0 Å². The van der Waals surface area contributed by atoms with Gasteiger partial charge in [0.2, 0.25) is 0 Å². The first-order valence-electron chi connectivity index (χ1n) is 3.65. The van der Waals surface area contributed by atoms with Gasteiger partial charge in [-0.15, -0.1) is 0 Å². The monoisotopic (exact) mass is 163 g/mol. The average molecular weight is 163 g/mol. The predicted octanol–water partition coefficient (Wildman–Crippen LogP) is 1.22. The number of aryl methyl sites for hydroxylation is 1. The summed E-state index contributed by atoms with van der Waals surface area (Å²) in [4.78, 5) is 3.96. The van der Waals surface area contributed by atoms with Crippen molar-refractivity contribution < 1.29 is 5.21 Å². The Kier molecular flexibility index (Phi) is 1.40. The van der Waals surface area contributed by atoms with Gasteiger partial charge in [-0.1, -0.05) is 0 Å². The van der Waals surface area contributed by atoms with Crippen molar-refractivity contribution in [2.24, 2.45) is 0 Å². The fourth-order valence-corrected chi connectivity index (χ4v) is 1.20. The van der Waals surface area contributed by atoms with E-state index >= 15 is 0 Å². The number of rotatable bonds is 1. The Morgan fingerprint density at radius 3 is 2.50 bits per heavy atom. The van der Waals surface area contributed by atoms with Crippen LogP contribution in [0.15, 0.2) is 30.9 Å². The third-order valence-electron chi connectivity index (χ3n) is 1.75. The molecular formula is C8H9N3O. The van der Waals surface area contributed by atoms with E-state index in [-0.39, 0.29) is 0 Å². The molecule has 2 aromatic heterocycles. The lowest BCUT2D eigenvalue weighted by molar-refractivity contribution is 0.184. The summed E-state index contributed by atoms with van der Waals surface area (Å²) in [6.45, 7) is 1.85. The van der Waals surface area contributed by atoms with Crippen molar-refractivity contribution in [3.05, 3.63) is 36.5 Å². The number of hydrogen-bond donors (Lipinski definition) is 1. The minimum Gasteiger partial charge on any atom is -0.425 e. The van der Waals surface area contributed by atoms with E-state index in [2.05, 4.69) is 4.98 Å². The fraction of sp³-hybridized carbons (Fsp3) is 0.125. The summed E-state index contributed by atoms with van der Waals surface area (Å²) in [7, 11) is 0. The normalized spacial score (nSPS) is 10.4. The highest BCUT2D eigenvalue weighted by atomic mass is 16.5. The summed E-state index contributed by atoms with van der Waals surface area (Å²) < 4.78 is 2.82.